The van der Waals surface area contributed by atoms with Gasteiger partial charge in [-0.15, -0.1) is 0 Å². The van der Waals surface area contributed by atoms with Gasteiger partial charge in [0.05, 0.1) is 32.8 Å². The lowest BCUT2D eigenvalue weighted by Crippen LogP contribution is -2.35. The molecule has 0 bridgehead atoms. The SMILES string of the molecule is COc1ccccc1CC(=O)NCC1CN(c2ccnn2C)C(=O)O1. The minimum atomic E-state index is -0.437. The zero-order valence-corrected chi connectivity index (χ0v) is 14.1. The van der Waals surface area contributed by atoms with Crippen molar-refractivity contribution in [2.45, 2.75) is 12.5 Å². The van der Waals surface area contributed by atoms with Gasteiger partial charge >= 0.3 is 6.09 Å². The summed E-state index contributed by atoms with van der Waals surface area (Å²) >= 11 is 0. The molecule has 8 heteroatoms. The Kier molecular flexibility index (Phi) is 4.87. The van der Waals surface area contributed by atoms with Gasteiger partial charge in [-0.3, -0.25) is 14.4 Å². The van der Waals surface area contributed by atoms with Gasteiger partial charge in [-0.25, -0.2) is 4.79 Å². The zero-order chi connectivity index (χ0) is 17.8. The third-order valence-electron chi connectivity index (χ3n) is 4.02. The summed E-state index contributed by atoms with van der Waals surface area (Å²) in [6, 6.07) is 9.11. The predicted molar refractivity (Wildman–Crippen MR) is 90.5 cm³/mol. The molecule has 0 aliphatic carbocycles. The molecule has 1 saturated heterocycles. The lowest BCUT2D eigenvalue weighted by molar-refractivity contribution is -0.120. The summed E-state index contributed by atoms with van der Waals surface area (Å²) in [5.41, 5.74) is 0.808. The van der Waals surface area contributed by atoms with Gasteiger partial charge in [-0.1, -0.05) is 18.2 Å². The minimum absolute atomic E-state index is 0.153. The van der Waals surface area contributed by atoms with E-state index < -0.39 is 12.2 Å². The third kappa shape index (κ3) is 3.73. The van der Waals surface area contributed by atoms with E-state index in [2.05, 4.69) is 10.4 Å². The molecule has 2 heterocycles. The van der Waals surface area contributed by atoms with Gasteiger partial charge in [0.2, 0.25) is 5.91 Å². The Morgan fingerprint density at radius 1 is 1.40 bits per heavy atom. The maximum absolute atomic E-state index is 12.1. The van der Waals surface area contributed by atoms with E-state index in [1.54, 1.807) is 31.1 Å². The first-order chi connectivity index (χ1) is 12.1. The molecule has 25 heavy (non-hydrogen) atoms. The van der Waals surface area contributed by atoms with E-state index in [1.807, 2.05) is 24.3 Å². The molecule has 2 amide bonds. The molecule has 1 fully saturated rings. The lowest BCUT2D eigenvalue weighted by atomic mass is 10.1. The van der Waals surface area contributed by atoms with Crippen LogP contribution in [0.3, 0.4) is 0 Å². The van der Waals surface area contributed by atoms with Crippen molar-refractivity contribution < 1.29 is 19.1 Å². The van der Waals surface area contributed by atoms with Gasteiger partial charge in [0.25, 0.3) is 0 Å². The summed E-state index contributed by atoms with van der Waals surface area (Å²) in [5, 5.41) is 6.85. The molecule has 1 aromatic heterocycles. The molecule has 1 aromatic carbocycles. The Hall–Kier alpha value is -3.03. The van der Waals surface area contributed by atoms with Crippen LogP contribution in [0.15, 0.2) is 36.5 Å². The number of carbonyl (C=O) groups is 2. The fourth-order valence-electron chi connectivity index (χ4n) is 2.76. The molecule has 1 atom stereocenters. The summed E-state index contributed by atoms with van der Waals surface area (Å²) in [6.07, 6.45) is 0.984. The molecular formula is C17H20N4O4. The monoisotopic (exact) mass is 344 g/mol. The normalized spacial score (nSPS) is 16.6. The van der Waals surface area contributed by atoms with E-state index in [0.29, 0.717) is 18.1 Å². The number of benzene rings is 1. The second kappa shape index (κ2) is 7.25. The fraction of sp³-hybridized carbons (Fsp3) is 0.353. The van der Waals surface area contributed by atoms with Gasteiger partial charge in [0.15, 0.2) is 0 Å². The second-order valence-electron chi connectivity index (χ2n) is 5.72. The molecule has 1 aliphatic rings. The van der Waals surface area contributed by atoms with Crippen molar-refractivity contribution in [2.75, 3.05) is 25.1 Å². The Labute approximate surface area is 145 Å². The number of hydrogen-bond donors (Lipinski definition) is 1. The molecule has 8 nitrogen and oxygen atoms in total. The molecule has 0 spiro atoms. The van der Waals surface area contributed by atoms with Crippen LogP contribution in [0.25, 0.3) is 0 Å². The van der Waals surface area contributed by atoms with Crippen molar-refractivity contribution >= 4 is 17.8 Å². The minimum Gasteiger partial charge on any atom is -0.496 e. The second-order valence-corrected chi connectivity index (χ2v) is 5.72. The van der Waals surface area contributed by atoms with Crippen LogP contribution in [0.2, 0.25) is 0 Å². The van der Waals surface area contributed by atoms with Gasteiger partial charge in [0, 0.05) is 18.7 Å². The standard InChI is InChI=1S/C17H20N4O4/c1-20-16(7-8-19-20)21-11-13(25-17(21)23)10-18-15(22)9-12-5-3-4-6-14(12)24-2/h3-8,13H,9-11H2,1-2H3,(H,18,22). The zero-order valence-electron chi connectivity index (χ0n) is 14.1. The number of anilines is 1. The quantitative estimate of drug-likeness (QED) is 0.848. The first kappa shape index (κ1) is 16.8. The van der Waals surface area contributed by atoms with E-state index in [1.165, 1.54) is 4.90 Å². The summed E-state index contributed by atoms with van der Waals surface area (Å²) in [7, 11) is 3.33. The molecule has 0 saturated carbocycles. The smallest absolute Gasteiger partial charge is 0.416 e. The number of para-hydroxylation sites is 1. The van der Waals surface area contributed by atoms with Crippen molar-refractivity contribution in [3.05, 3.63) is 42.1 Å². The van der Waals surface area contributed by atoms with Crippen LogP contribution in [0, 0.1) is 0 Å². The number of aromatic nitrogens is 2. The van der Waals surface area contributed by atoms with Gasteiger partial charge in [-0.05, 0) is 6.07 Å². The summed E-state index contributed by atoms with van der Waals surface area (Å²) in [5.74, 6) is 1.18. The number of nitrogens with one attached hydrogen (secondary N) is 1. The van der Waals surface area contributed by atoms with Crippen LogP contribution >= 0.6 is 0 Å². The average molecular weight is 344 g/mol. The first-order valence-electron chi connectivity index (χ1n) is 7.93. The third-order valence-corrected chi connectivity index (χ3v) is 4.02. The van der Waals surface area contributed by atoms with E-state index in [0.717, 1.165) is 5.56 Å². The van der Waals surface area contributed by atoms with E-state index in [-0.39, 0.29) is 18.9 Å². The van der Waals surface area contributed by atoms with Crippen LogP contribution in [-0.2, 0) is 23.0 Å². The number of amides is 2. The molecule has 0 radical (unpaired) electrons. The molecular weight excluding hydrogens is 324 g/mol. The average Bonchev–Trinajstić information content (AvgIpc) is 3.18. The largest absolute Gasteiger partial charge is 0.496 e. The molecule has 1 unspecified atom stereocenters. The molecule has 132 valence electrons. The van der Waals surface area contributed by atoms with Crippen molar-refractivity contribution in [1.29, 1.82) is 0 Å². The molecule has 3 rings (SSSR count). The number of cyclic esters (lactones) is 1. The highest BCUT2D eigenvalue weighted by Crippen LogP contribution is 2.20. The number of methoxy groups -OCH3 is 1. The Morgan fingerprint density at radius 2 is 2.20 bits per heavy atom. The number of aryl methyl sites for hydroxylation is 1. The van der Waals surface area contributed by atoms with Gasteiger partial charge in [-0.2, -0.15) is 5.10 Å². The van der Waals surface area contributed by atoms with E-state index >= 15 is 0 Å². The van der Waals surface area contributed by atoms with E-state index in [4.69, 9.17) is 9.47 Å². The molecule has 1 N–H and O–H groups in total. The topological polar surface area (TPSA) is 85.7 Å². The number of carbonyl (C=O) groups excluding carboxylic acids is 2. The summed E-state index contributed by atoms with van der Waals surface area (Å²) in [6.45, 7) is 0.626. The molecule has 1 aliphatic heterocycles. The van der Waals surface area contributed by atoms with Crippen LogP contribution in [0.4, 0.5) is 10.6 Å². The lowest BCUT2D eigenvalue weighted by Gasteiger charge is -2.13. The maximum Gasteiger partial charge on any atom is 0.416 e. The summed E-state index contributed by atoms with van der Waals surface area (Å²) in [4.78, 5) is 25.6. The fourth-order valence-corrected chi connectivity index (χ4v) is 2.76. The molecule has 2 aromatic rings. The Balaban J connectivity index is 1.53. The predicted octanol–water partition coefficient (Wildman–Crippen LogP) is 1.11. The highest BCUT2D eigenvalue weighted by molar-refractivity contribution is 5.88. The van der Waals surface area contributed by atoms with Gasteiger partial charge in [0.1, 0.15) is 17.7 Å². The highest BCUT2D eigenvalue weighted by atomic mass is 16.6. The van der Waals surface area contributed by atoms with Crippen LogP contribution < -0.4 is 15.0 Å². The van der Waals surface area contributed by atoms with Crippen molar-refractivity contribution in [1.82, 2.24) is 15.1 Å². The maximum atomic E-state index is 12.1. The van der Waals surface area contributed by atoms with Crippen LogP contribution in [0.5, 0.6) is 5.75 Å². The first-order valence-corrected chi connectivity index (χ1v) is 7.93. The Bertz CT molecular complexity index is 774. The number of nitrogens with zero attached hydrogens (tertiary/aromatic N) is 3. The highest BCUT2D eigenvalue weighted by Gasteiger charge is 2.33. The number of ether oxygens (including phenoxy) is 2. The van der Waals surface area contributed by atoms with E-state index in [9.17, 15) is 9.59 Å². The number of rotatable bonds is 6. The van der Waals surface area contributed by atoms with Gasteiger partial charge < -0.3 is 14.8 Å². The van der Waals surface area contributed by atoms with Crippen LogP contribution in [-0.4, -0.2) is 48.1 Å². The van der Waals surface area contributed by atoms with Crippen molar-refractivity contribution in [3.8, 4) is 5.75 Å². The Morgan fingerprint density at radius 3 is 2.92 bits per heavy atom. The van der Waals surface area contributed by atoms with Crippen molar-refractivity contribution in [3.63, 3.8) is 0 Å². The number of hydrogen-bond acceptors (Lipinski definition) is 5. The van der Waals surface area contributed by atoms with Crippen LogP contribution in [0.1, 0.15) is 5.56 Å². The summed E-state index contributed by atoms with van der Waals surface area (Å²) < 4.78 is 12.1. The van der Waals surface area contributed by atoms with Crippen molar-refractivity contribution in [2.24, 2.45) is 7.05 Å².